The fourth-order valence-corrected chi connectivity index (χ4v) is 3.08. The summed E-state index contributed by atoms with van der Waals surface area (Å²) < 4.78 is 29.6. The molecule has 0 saturated heterocycles. The van der Waals surface area contributed by atoms with Gasteiger partial charge >= 0.3 is 0 Å². The minimum atomic E-state index is -3.71. The molecule has 0 unspecified atom stereocenters. The van der Waals surface area contributed by atoms with Crippen LogP contribution in [0.25, 0.3) is 0 Å². The van der Waals surface area contributed by atoms with Gasteiger partial charge in [-0.2, -0.15) is 0 Å². The van der Waals surface area contributed by atoms with Crippen LogP contribution < -0.4 is 9.62 Å². The molecule has 0 bridgehead atoms. The Labute approximate surface area is 114 Å². The summed E-state index contributed by atoms with van der Waals surface area (Å²) >= 11 is 0. The van der Waals surface area contributed by atoms with Crippen molar-refractivity contribution in [1.82, 2.24) is 4.89 Å². The summed E-state index contributed by atoms with van der Waals surface area (Å²) in [6, 6.07) is 3.36. The first-order valence-corrected chi connectivity index (χ1v) is 7.40. The van der Waals surface area contributed by atoms with Gasteiger partial charge in [0.15, 0.2) is 0 Å². The standard InChI is InChI=1S/C13H21NO4S/c1-9-7-11(17-6)8-10(2)12(9)19(15,16)14-18-13(3,4)5/h7-8,14H,1-6H3. The Morgan fingerprint density at radius 3 is 1.95 bits per heavy atom. The van der Waals surface area contributed by atoms with Gasteiger partial charge in [0.05, 0.1) is 17.6 Å². The van der Waals surface area contributed by atoms with Gasteiger partial charge in [0.25, 0.3) is 10.0 Å². The topological polar surface area (TPSA) is 64.6 Å². The van der Waals surface area contributed by atoms with Gasteiger partial charge in [-0.25, -0.2) is 8.42 Å². The molecule has 19 heavy (non-hydrogen) atoms. The van der Waals surface area contributed by atoms with Crippen LogP contribution in [0.5, 0.6) is 5.75 Å². The number of hydrogen-bond donors (Lipinski definition) is 1. The second-order valence-electron chi connectivity index (χ2n) is 5.39. The van der Waals surface area contributed by atoms with Crippen LogP contribution >= 0.6 is 0 Å². The summed E-state index contributed by atoms with van der Waals surface area (Å²) in [5.74, 6) is 0.630. The molecule has 0 spiro atoms. The summed E-state index contributed by atoms with van der Waals surface area (Å²) in [5, 5.41) is 0. The van der Waals surface area contributed by atoms with E-state index in [0.29, 0.717) is 16.9 Å². The van der Waals surface area contributed by atoms with Crippen molar-refractivity contribution in [2.24, 2.45) is 0 Å². The molecular weight excluding hydrogens is 266 g/mol. The summed E-state index contributed by atoms with van der Waals surface area (Å²) in [4.78, 5) is 7.53. The van der Waals surface area contributed by atoms with Crippen molar-refractivity contribution >= 4 is 10.0 Å². The molecular formula is C13H21NO4S. The highest BCUT2D eigenvalue weighted by Crippen LogP contribution is 2.25. The van der Waals surface area contributed by atoms with Crippen molar-refractivity contribution in [3.05, 3.63) is 23.3 Å². The Kier molecular flexibility index (Phi) is 4.60. The number of benzene rings is 1. The van der Waals surface area contributed by atoms with E-state index < -0.39 is 15.6 Å². The molecule has 0 aromatic heterocycles. The summed E-state index contributed by atoms with van der Waals surface area (Å²) in [7, 11) is -2.16. The van der Waals surface area contributed by atoms with Crippen molar-refractivity contribution in [3.63, 3.8) is 0 Å². The van der Waals surface area contributed by atoms with Crippen LogP contribution in [-0.4, -0.2) is 21.1 Å². The molecule has 0 aliphatic rings. The lowest BCUT2D eigenvalue weighted by molar-refractivity contribution is -0.0358. The molecule has 0 radical (unpaired) electrons. The van der Waals surface area contributed by atoms with Gasteiger partial charge in [-0.1, -0.05) is 4.89 Å². The SMILES string of the molecule is COc1cc(C)c(S(=O)(=O)NOC(C)(C)C)c(C)c1. The Bertz CT molecular complexity index is 535. The average molecular weight is 287 g/mol. The maximum atomic E-state index is 12.2. The van der Waals surface area contributed by atoms with Crippen LogP contribution in [0.3, 0.4) is 0 Å². The molecule has 0 aliphatic heterocycles. The van der Waals surface area contributed by atoms with Gasteiger partial charge in [0.2, 0.25) is 0 Å². The van der Waals surface area contributed by atoms with E-state index in [1.807, 2.05) is 0 Å². The Morgan fingerprint density at radius 2 is 1.58 bits per heavy atom. The van der Waals surface area contributed by atoms with E-state index in [1.54, 1.807) is 53.9 Å². The van der Waals surface area contributed by atoms with Crippen LogP contribution in [0.1, 0.15) is 31.9 Å². The number of ether oxygens (including phenoxy) is 1. The van der Waals surface area contributed by atoms with Gasteiger partial charge < -0.3 is 4.74 Å². The van der Waals surface area contributed by atoms with E-state index in [9.17, 15) is 8.42 Å². The molecule has 5 nitrogen and oxygen atoms in total. The molecule has 1 aromatic rings. The Morgan fingerprint density at radius 1 is 1.11 bits per heavy atom. The van der Waals surface area contributed by atoms with E-state index in [0.717, 1.165) is 0 Å². The second kappa shape index (κ2) is 5.48. The zero-order valence-corrected chi connectivity index (χ0v) is 13.0. The normalized spacial score (nSPS) is 12.5. The van der Waals surface area contributed by atoms with Gasteiger partial charge in [-0.15, -0.1) is 0 Å². The lowest BCUT2D eigenvalue weighted by Crippen LogP contribution is -2.34. The maximum absolute atomic E-state index is 12.2. The third-order valence-corrected chi connectivity index (χ3v) is 3.88. The highest BCUT2D eigenvalue weighted by Gasteiger charge is 2.23. The predicted molar refractivity (Wildman–Crippen MR) is 73.6 cm³/mol. The van der Waals surface area contributed by atoms with Crippen LogP contribution in [0.2, 0.25) is 0 Å². The zero-order chi connectivity index (χ0) is 14.8. The number of nitrogens with one attached hydrogen (secondary N) is 1. The number of hydrogen-bond acceptors (Lipinski definition) is 4. The summed E-state index contributed by atoms with van der Waals surface area (Å²) in [5.41, 5.74) is 0.630. The minimum absolute atomic E-state index is 0.220. The molecule has 0 amide bonds. The first-order valence-electron chi connectivity index (χ1n) is 5.92. The van der Waals surface area contributed by atoms with Crippen molar-refractivity contribution < 1.29 is 18.0 Å². The first kappa shape index (κ1) is 15.9. The van der Waals surface area contributed by atoms with E-state index in [-0.39, 0.29) is 4.90 Å². The van der Waals surface area contributed by atoms with Crippen molar-refractivity contribution in [2.75, 3.05) is 7.11 Å². The van der Waals surface area contributed by atoms with Gasteiger partial charge in [0, 0.05) is 0 Å². The van der Waals surface area contributed by atoms with Crippen molar-refractivity contribution in [2.45, 2.75) is 45.1 Å². The van der Waals surface area contributed by atoms with Gasteiger partial charge in [-0.05, 0) is 57.9 Å². The lowest BCUT2D eigenvalue weighted by Gasteiger charge is -2.20. The van der Waals surface area contributed by atoms with Crippen molar-refractivity contribution in [3.8, 4) is 5.75 Å². The predicted octanol–water partition coefficient (Wildman–Crippen LogP) is 2.32. The van der Waals surface area contributed by atoms with Gasteiger partial charge in [-0.3, -0.25) is 4.84 Å². The molecule has 0 aliphatic carbocycles. The van der Waals surface area contributed by atoms with E-state index >= 15 is 0 Å². The largest absolute Gasteiger partial charge is 0.497 e. The second-order valence-corrected chi connectivity index (χ2v) is 6.97. The monoisotopic (exact) mass is 287 g/mol. The fraction of sp³-hybridized carbons (Fsp3) is 0.538. The quantitative estimate of drug-likeness (QED) is 0.863. The molecule has 1 aromatic carbocycles. The van der Waals surface area contributed by atoms with E-state index in [4.69, 9.17) is 9.57 Å². The number of sulfonamides is 1. The fourth-order valence-electron chi connectivity index (χ4n) is 1.67. The number of aryl methyl sites for hydroxylation is 2. The van der Waals surface area contributed by atoms with E-state index in [1.165, 1.54) is 0 Å². The summed E-state index contributed by atoms with van der Waals surface area (Å²) in [6.45, 7) is 8.75. The molecule has 1 rings (SSSR count). The smallest absolute Gasteiger partial charge is 0.263 e. The number of rotatable bonds is 4. The highest BCUT2D eigenvalue weighted by atomic mass is 32.2. The molecule has 108 valence electrons. The Balaban J connectivity index is 3.15. The third kappa shape index (κ3) is 4.19. The molecule has 0 atom stereocenters. The van der Waals surface area contributed by atoms with Crippen molar-refractivity contribution in [1.29, 1.82) is 0 Å². The minimum Gasteiger partial charge on any atom is -0.497 e. The molecule has 6 heteroatoms. The van der Waals surface area contributed by atoms with Crippen LogP contribution in [0.4, 0.5) is 0 Å². The third-order valence-electron chi connectivity index (χ3n) is 2.40. The van der Waals surface area contributed by atoms with Crippen LogP contribution in [0, 0.1) is 13.8 Å². The molecule has 0 fully saturated rings. The molecule has 0 heterocycles. The molecule has 0 saturated carbocycles. The van der Waals surface area contributed by atoms with Crippen LogP contribution in [0.15, 0.2) is 17.0 Å². The van der Waals surface area contributed by atoms with Gasteiger partial charge in [0.1, 0.15) is 5.75 Å². The summed E-state index contributed by atoms with van der Waals surface area (Å²) in [6.07, 6.45) is 0. The molecule has 1 N–H and O–H groups in total. The Hall–Kier alpha value is -1.11. The lowest BCUT2D eigenvalue weighted by atomic mass is 10.1. The van der Waals surface area contributed by atoms with Crippen LogP contribution in [-0.2, 0) is 14.9 Å². The van der Waals surface area contributed by atoms with E-state index in [2.05, 4.69) is 4.89 Å². The highest BCUT2D eigenvalue weighted by molar-refractivity contribution is 7.89. The first-order chi connectivity index (χ1) is 8.57. The maximum Gasteiger partial charge on any atom is 0.263 e. The zero-order valence-electron chi connectivity index (χ0n) is 12.2. The number of methoxy groups -OCH3 is 1. The average Bonchev–Trinajstić information content (AvgIpc) is 2.24.